The Hall–Kier alpha value is -4.84. The zero-order chi connectivity index (χ0) is 37.2. The number of carbonyl (C=O) groups is 4. The molecule has 2 aromatic heterocycles. The van der Waals surface area contributed by atoms with E-state index in [9.17, 15) is 24.3 Å². The summed E-state index contributed by atoms with van der Waals surface area (Å²) in [5.41, 5.74) is 1.24. The Morgan fingerprint density at radius 1 is 0.925 bits per heavy atom. The average molecular weight is 770 g/mol. The van der Waals surface area contributed by atoms with Gasteiger partial charge in [0.25, 0.3) is 0 Å². The first-order valence-electron chi connectivity index (χ1n) is 17.2. The topological polar surface area (TPSA) is 113 Å². The molecule has 9 rings (SSSR count). The summed E-state index contributed by atoms with van der Waals surface area (Å²) in [6.07, 6.45) is 2.17. The summed E-state index contributed by atoms with van der Waals surface area (Å²) >= 11 is 13.9. The molecule has 0 radical (unpaired) electrons. The third kappa shape index (κ3) is 4.69. The lowest BCUT2D eigenvalue weighted by Gasteiger charge is -2.49. The number of fused-ring (bicyclic) bond motifs is 5. The number of nitrogens with zero attached hydrogens (tertiary/aromatic N) is 4. The normalized spacial score (nSPS) is 26.7. The summed E-state index contributed by atoms with van der Waals surface area (Å²) in [7, 11) is 1.67. The van der Waals surface area contributed by atoms with Crippen molar-refractivity contribution < 1.29 is 28.7 Å². The fraction of sp³-hybridized carbons (Fsp3) is 0.275. The van der Waals surface area contributed by atoms with Crippen molar-refractivity contribution >= 4 is 79.8 Å². The third-order valence-electron chi connectivity index (χ3n) is 11.9. The predicted molar refractivity (Wildman–Crippen MR) is 200 cm³/mol. The van der Waals surface area contributed by atoms with Gasteiger partial charge in [-0.1, -0.05) is 47.0 Å². The van der Waals surface area contributed by atoms with Gasteiger partial charge in [0.1, 0.15) is 11.5 Å². The molecule has 53 heavy (non-hydrogen) atoms. The number of para-hydroxylation sites is 1. The minimum atomic E-state index is -1.48. The maximum atomic E-state index is 15.1. The van der Waals surface area contributed by atoms with Crippen LogP contribution < -0.4 is 9.80 Å². The number of hydrogen-bond acceptors (Lipinski definition) is 7. The molecule has 5 aromatic rings. The second-order valence-corrected chi connectivity index (χ2v) is 16.5. The number of carbonyl (C=O) groups excluding carboxylic acids is 4. The van der Waals surface area contributed by atoms with Crippen LogP contribution in [0.3, 0.4) is 0 Å². The molecule has 0 unspecified atom stereocenters. The van der Waals surface area contributed by atoms with E-state index in [-0.39, 0.29) is 30.1 Å². The number of amides is 4. The van der Waals surface area contributed by atoms with Crippen LogP contribution in [0.2, 0.25) is 10.0 Å². The highest BCUT2D eigenvalue weighted by atomic mass is 35.5. The van der Waals surface area contributed by atoms with Crippen LogP contribution in [0.1, 0.15) is 36.8 Å². The number of allylic oxidation sites excluding steroid dienone is 2. The fourth-order valence-corrected chi connectivity index (χ4v) is 10.8. The van der Waals surface area contributed by atoms with Crippen molar-refractivity contribution in [2.75, 3.05) is 9.80 Å². The molecule has 2 saturated heterocycles. The van der Waals surface area contributed by atoms with Gasteiger partial charge in [0.05, 0.1) is 33.7 Å². The van der Waals surface area contributed by atoms with Crippen LogP contribution in [-0.4, -0.2) is 38.5 Å². The summed E-state index contributed by atoms with van der Waals surface area (Å²) in [6, 6.07) is 18.0. The van der Waals surface area contributed by atoms with Crippen molar-refractivity contribution in [2.45, 2.75) is 32.6 Å². The van der Waals surface area contributed by atoms with Crippen molar-refractivity contribution in [3.63, 3.8) is 0 Å². The number of hydrogen-bond donors (Lipinski definition) is 1. The molecule has 4 amide bonds. The van der Waals surface area contributed by atoms with Gasteiger partial charge in [-0.25, -0.2) is 9.29 Å². The van der Waals surface area contributed by atoms with Crippen LogP contribution in [0.15, 0.2) is 78.4 Å². The Balaban J connectivity index is 1.16. The van der Waals surface area contributed by atoms with E-state index >= 15 is 4.39 Å². The Labute approximate surface area is 317 Å². The van der Waals surface area contributed by atoms with Gasteiger partial charge in [-0.3, -0.25) is 28.8 Å². The molecule has 268 valence electrons. The Bertz CT molecular complexity index is 2490. The number of imide groups is 2. The largest absolute Gasteiger partial charge is 0.505 e. The van der Waals surface area contributed by atoms with Gasteiger partial charge in [-0.05, 0) is 92.1 Å². The number of anilines is 2. The van der Waals surface area contributed by atoms with E-state index in [4.69, 9.17) is 28.3 Å². The summed E-state index contributed by atoms with van der Waals surface area (Å²) in [5.74, 6) is -7.11. The van der Waals surface area contributed by atoms with Crippen molar-refractivity contribution in [3.8, 4) is 16.3 Å². The summed E-state index contributed by atoms with van der Waals surface area (Å²) in [5, 5.41) is 18.0. The van der Waals surface area contributed by atoms with Crippen LogP contribution in [-0.2, 0) is 26.2 Å². The zero-order valence-corrected chi connectivity index (χ0v) is 31.0. The van der Waals surface area contributed by atoms with E-state index in [1.165, 1.54) is 27.0 Å². The van der Waals surface area contributed by atoms with Gasteiger partial charge in [0.15, 0.2) is 11.6 Å². The number of phenolic OH excluding ortho intramolecular Hbond substituents is 1. The van der Waals surface area contributed by atoms with Gasteiger partial charge in [0.2, 0.25) is 23.6 Å². The standard InChI is InChI=1S/C40H31Cl2FN4O5S/c1-18-25-15-20(42)9-14-30(25)53-35(18)29-17-31(45(3)44-29)47-37(50)27-16-26-22(33(40(27,2)39(47)52)24-5-4-6-28(43)34(24)48)12-13-23-32(26)38(51)46(36(23)49)21-10-7-19(41)8-11-21/h4-12,14-15,17,23,26-27,32-33,48H,13,16H2,1-3H3/t23-,26+,27-,32-,33+,40+/m0/s1. The molecule has 2 aliphatic carbocycles. The number of thiophene rings is 1. The Morgan fingerprint density at radius 2 is 1.66 bits per heavy atom. The first kappa shape index (κ1) is 34.0. The first-order valence-corrected chi connectivity index (χ1v) is 18.8. The van der Waals surface area contributed by atoms with Gasteiger partial charge in [0, 0.05) is 39.3 Å². The highest BCUT2D eigenvalue weighted by molar-refractivity contribution is 7.22. The highest BCUT2D eigenvalue weighted by Gasteiger charge is 2.68. The molecule has 4 heterocycles. The Kier molecular flexibility index (Phi) is 7.58. The molecule has 1 saturated carbocycles. The summed E-state index contributed by atoms with van der Waals surface area (Å²) in [4.78, 5) is 61.1. The van der Waals surface area contributed by atoms with Crippen molar-refractivity contribution in [1.82, 2.24) is 9.78 Å². The molecule has 6 atom stereocenters. The molecular weight excluding hydrogens is 738 g/mol. The lowest BCUT2D eigenvalue weighted by molar-refractivity contribution is -0.131. The van der Waals surface area contributed by atoms with Crippen LogP contribution in [0.25, 0.3) is 20.7 Å². The molecule has 1 N–H and O–H groups in total. The fourth-order valence-electron chi connectivity index (χ4n) is 9.40. The molecule has 4 aliphatic rings. The maximum Gasteiger partial charge on any atom is 0.242 e. The van der Waals surface area contributed by atoms with Crippen LogP contribution in [0.5, 0.6) is 5.75 Å². The predicted octanol–water partition coefficient (Wildman–Crippen LogP) is 8.20. The SMILES string of the molecule is Cc1c(-c2cc(N3C(=O)[C@@H]4C[C@@H]5C(=CC[C@@H]6C(=O)N(c7ccc(Cl)cc7)C(=O)[C@@H]65)[C@H](c5cccc(F)c5O)[C@]4(C)C3=O)n(C)n2)sc2ccc(Cl)cc12. The number of halogens is 3. The van der Waals surface area contributed by atoms with Crippen LogP contribution in [0, 0.1) is 41.8 Å². The van der Waals surface area contributed by atoms with Gasteiger partial charge in [-0.15, -0.1) is 11.3 Å². The number of benzene rings is 3. The molecule has 0 spiro atoms. The number of phenols is 1. The molecule has 2 aliphatic heterocycles. The van der Waals surface area contributed by atoms with Crippen molar-refractivity contribution in [3.05, 3.63) is 105 Å². The smallest absolute Gasteiger partial charge is 0.242 e. The minimum absolute atomic E-state index is 0.103. The lowest BCUT2D eigenvalue weighted by Crippen LogP contribution is -2.49. The van der Waals surface area contributed by atoms with E-state index in [1.54, 1.807) is 50.4 Å². The molecular formula is C40H31Cl2FN4O5S. The van der Waals surface area contributed by atoms with Crippen molar-refractivity contribution in [1.29, 1.82) is 0 Å². The number of aryl methyl sites for hydroxylation is 2. The monoisotopic (exact) mass is 768 g/mol. The lowest BCUT2D eigenvalue weighted by atomic mass is 9.51. The number of rotatable bonds is 4. The molecule has 3 fully saturated rings. The van der Waals surface area contributed by atoms with Crippen LogP contribution in [0.4, 0.5) is 15.9 Å². The van der Waals surface area contributed by atoms with Gasteiger partial charge in [-0.2, -0.15) is 5.10 Å². The second kappa shape index (κ2) is 11.8. The summed E-state index contributed by atoms with van der Waals surface area (Å²) in [6.45, 7) is 3.66. The van der Waals surface area contributed by atoms with E-state index in [0.717, 1.165) is 31.5 Å². The maximum absolute atomic E-state index is 15.1. The molecule has 3 aromatic carbocycles. The van der Waals surface area contributed by atoms with E-state index in [1.807, 2.05) is 31.2 Å². The first-order chi connectivity index (χ1) is 25.3. The Morgan fingerprint density at radius 3 is 2.42 bits per heavy atom. The summed E-state index contributed by atoms with van der Waals surface area (Å²) < 4.78 is 17.6. The molecule has 13 heteroatoms. The number of aromatic hydroxyl groups is 1. The van der Waals surface area contributed by atoms with Gasteiger partial charge < -0.3 is 5.11 Å². The minimum Gasteiger partial charge on any atom is -0.505 e. The second-order valence-electron chi connectivity index (χ2n) is 14.5. The third-order valence-corrected chi connectivity index (χ3v) is 13.7. The quantitative estimate of drug-likeness (QED) is 0.146. The van der Waals surface area contributed by atoms with E-state index in [0.29, 0.717) is 27.0 Å². The molecule has 9 nitrogen and oxygen atoms in total. The molecule has 0 bridgehead atoms. The average Bonchev–Trinajstić information content (AvgIpc) is 3.80. The van der Waals surface area contributed by atoms with Crippen molar-refractivity contribution in [2.24, 2.45) is 36.1 Å². The number of aromatic nitrogens is 2. The van der Waals surface area contributed by atoms with E-state index < -0.39 is 64.3 Å². The zero-order valence-electron chi connectivity index (χ0n) is 28.6. The van der Waals surface area contributed by atoms with Crippen LogP contribution >= 0.6 is 34.5 Å². The van der Waals surface area contributed by atoms with Gasteiger partial charge >= 0.3 is 0 Å². The highest BCUT2D eigenvalue weighted by Crippen LogP contribution is 2.64. The van der Waals surface area contributed by atoms with E-state index in [2.05, 4.69) is 0 Å².